The van der Waals surface area contributed by atoms with Crippen LogP contribution in [0.3, 0.4) is 0 Å². The number of carbonyl (C=O) groups is 3. The van der Waals surface area contributed by atoms with Crippen molar-refractivity contribution in [2.75, 3.05) is 42.8 Å². The number of hydrogen-bond donors (Lipinski definition) is 3. The van der Waals surface area contributed by atoms with Gasteiger partial charge >= 0.3 is 5.97 Å². The van der Waals surface area contributed by atoms with Crippen LogP contribution in [0, 0.1) is 6.92 Å². The van der Waals surface area contributed by atoms with Crippen molar-refractivity contribution in [3.63, 3.8) is 0 Å². The standard InChI is InChI=1S/C25H28N4O4S/c1-5-33-25(32)21-16(2)22(23(31)26-3)34-24(21)28-20(30)15-27-18-13-9-10-14-19(18)29(4)17-11-7-6-8-12-17/h6-14,27H,5,15H2,1-4H3,(H,26,31)(H,28,30). The lowest BCUT2D eigenvalue weighted by Crippen LogP contribution is -2.23. The van der Waals surface area contributed by atoms with Gasteiger partial charge in [0.05, 0.1) is 35.0 Å². The lowest BCUT2D eigenvalue weighted by molar-refractivity contribution is -0.114. The monoisotopic (exact) mass is 480 g/mol. The first-order valence-corrected chi connectivity index (χ1v) is 11.6. The molecular weight excluding hydrogens is 452 g/mol. The van der Waals surface area contributed by atoms with Crippen molar-refractivity contribution in [2.45, 2.75) is 13.8 Å². The molecule has 8 nitrogen and oxygen atoms in total. The van der Waals surface area contributed by atoms with Gasteiger partial charge in [0.1, 0.15) is 5.00 Å². The van der Waals surface area contributed by atoms with Crippen LogP contribution in [0.15, 0.2) is 54.6 Å². The highest BCUT2D eigenvalue weighted by atomic mass is 32.1. The molecule has 9 heteroatoms. The van der Waals surface area contributed by atoms with Crippen molar-refractivity contribution in [3.05, 3.63) is 70.6 Å². The number of thiophene rings is 1. The summed E-state index contributed by atoms with van der Waals surface area (Å²) in [6, 6.07) is 17.6. The number of amides is 2. The van der Waals surface area contributed by atoms with E-state index in [1.807, 2.05) is 66.5 Å². The Hall–Kier alpha value is -3.85. The summed E-state index contributed by atoms with van der Waals surface area (Å²) in [6.07, 6.45) is 0. The van der Waals surface area contributed by atoms with Crippen LogP contribution in [0.25, 0.3) is 0 Å². The van der Waals surface area contributed by atoms with Gasteiger partial charge in [-0.25, -0.2) is 4.79 Å². The molecule has 0 atom stereocenters. The third-order valence-corrected chi connectivity index (χ3v) is 6.37. The zero-order valence-electron chi connectivity index (χ0n) is 19.6. The van der Waals surface area contributed by atoms with E-state index >= 15 is 0 Å². The summed E-state index contributed by atoms with van der Waals surface area (Å²) >= 11 is 1.05. The molecule has 0 unspecified atom stereocenters. The number of rotatable bonds is 9. The van der Waals surface area contributed by atoms with E-state index in [0.29, 0.717) is 10.4 Å². The number of nitrogens with one attached hydrogen (secondary N) is 3. The average Bonchev–Trinajstić information content (AvgIpc) is 3.18. The molecule has 0 spiro atoms. The minimum atomic E-state index is -0.579. The molecule has 1 aromatic heterocycles. The van der Waals surface area contributed by atoms with Gasteiger partial charge in [-0.1, -0.05) is 30.3 Å². The summed E-state index contributed by atoms with van der Waals surface area (Å²) in [7, 11) is 3.47. The summed E-state index contributed by atoms with van der Waals surface area (Å²) in [5.41, 5.74) is 3.37. The molecule has 0 bridgehead atoms. The van der Waals surface area contributed by atoms with Gasteiger partial charge < -0.3 is 25.6 Å². The first-order valence-electron chi connectivity index (χ1n) is 10.8. The molecule has 178 valence electrons. The predicted molar refractivity (Wildman–Crippen MR) is 136 cm³/mol. The number of esters is 1. The van der Waals surface area contributed by atoms with Gasteiger partial charge in [-0.3, -0.25) is 9.59 Å². The zero-order chi connectivity index (χ0) is 24.7. The van der Waals surface area contributed by atoms with Gasteiger partial charge in [-0.2, -0.15) is 0 Å². The summed E-state index contributed by atoms with van der Waals surface area (Å²) in [4.78, 5) is 39.9. The highest BCUT2D eigenvalue weighted by Gasteiger charge is 2.26. The Balaban J connectivity index is 1.78. The van der Waals surface area contributed by atoms with Crippen molar-refractivity contribution in [1.82, 2.24) is 5.32 Å². The van der Waals surface area contributed by atoms with E-state index in [0.717, 1.165) is 28.4 Å². The van der Waals surface area contributed by atoms with Crippen LogP contribution in [0.4, 0.5) is 22.1 Å². The molecule has 3 aromatic rings. The maximum Gasteiger partial charge on any atom is 0.341 e. The van der Waals surface area contributed by atoms with Crippen LogP contribution in [0.1, 0.15) is 32.5 Å². The minimum Gasteiger partial charge on any atom is -0.462 e. The van der Waals surface area contributed by atoms with E-state index in [2.05, 4.69) is 16.0 Å². The summed E-state index contributed by atoms with van der Waals surface area (Å²) < 4.78 is 5.13. The molecule has 1 heterocycles. The van der Waals surface area contributed by atoms with Crippen molar-refractivity contribution in [2.24, 2.45) is 0 Å². The van der Waals surface area contributed by atoms with Crippen LogP contribution in [-0.4, -0.2) is 45.0 Å². The number of benzene rings is 2. The van der Waals surface area contributed by atoms with Crippen LogP contribution in [-0.2, 0) is 9.53 Å². The second-order valence-corrected chi connectivity index (χ2v) is 8.39. The van der Waals surface area contributed by atoms with Crippen molar-refractivity contribution in [3.8, 4) is 0 Å². The van der Waals surface area contributed by atoms with Crippen molar-refractivity contribution < 1.29 is 19.1 Å². The largest absolute Gasteiger partial charge is 0.462 e. The Morgan fingerprint density at radius 2 is 1.71 bits per heavy atom. The number of nitrogens with zero attached hydrogens (tertiary/aromatic N) is 1. The number of hydrogen-bond acceptors (Lipinski definition) is 7. The maximum atomic E-state index is 12.8. The smallest absolute Gasteiger partial charge is 0.341 e. The highest BCUT2D eigenvalue weighted by molar-refractivity contribution is 7.18. The summed E-state index contributed by atoms with van der Waals surface area (Å²) in [6.45, 7) is 3.51. The van der Waals surface area contributed by atoms with E-state index in [1.54, 1.807) is 13.8 Å². The Morgan fingerprint density at radius 1 is 1.03 bits per heavy atom. The molecule has 0 aliphatic heterocycles. The topological polar surface area (TPSA) is 99.8 Å². The van der Waals surface area contributed by atoms with Crippen LogP contribution in [0.2, 0.25) is 0 Å². The molecule has 0 fully saturated rings. The molecular formula is C25H28N4O4S. The number of para-hydroxylation sites is 3. The van der Waals surface area contributed by atoms with Crippen LogP contribution >= 0.6 is 11.3 Å². The quantitative estimate of drug-likeness (QED) is 0.392. The summed E-state index contributed by atoms with van der Waals surface area (Å²) in [5, 5.41) is 8.77. The Labute approximate surface area is 202 Å². The zero-order valence-corrected chi connectivity index (χ0v) is 20.4. The summed E-state index contributed by atoms with van der Waals surface area (Å²) in [5.74, 6) is -1.26. The van der Waals surface area contributed by atoms with Gasteiger partial charge in [0.25, 0.3) is 5.91 Å². The number of anilines is 4. The molecule has 0 radical (unpaired) electrons. The first kappa shape index (κ1) is 24.8. The molecule has 0 aliphatic rings. The minimum absolute atomic E-state index is 0.0336. The fourth-order valence-corrected chi connectivity index (χ4v) is 4.59. The molecule has 3 rings (SSSR count). The van der Waals surface area contributed by atoms with Gasteiger partial charge in [-0.05, 0) is 43.7 Å². The molecule has 34 heavy (non-hydrogen) atoms. The Kier molecular flexibility index (Phi) is 8.26. The molecule has 0 aliphatic carbocycles. The fourth-order valence-electron chi connectivity index (χ4n) is 3.43. The molecule has 2 aromatic carbocycles. The van der Waals surface area contributed by atoms with Crippen LogP contribution < -0.4 is 20.9 Å². The van der Waals surface area contributed by atoms with E-state index < -0.39 is 5.97 Å². The first-order chi connectivity index (χ1) is 16.4. The highest BCUT2D eigenvalue weighted by Crippen LogP contribution is 2.34. The molecule has 0 saturated heterocycles. The predicted octanol–water partition coefficient (Wildman–Crippen LogP) is 4.41. The van der Waals surface area contributed by atoms with E-state index in [1.165, 1.54) is 7.05 Å². The Bertz CT molecular complexity index is 1180. The van der Waals surface area contributed by atoms with Gasteiger partial charge in [-0.15, -0.1) is 11.3 Å². The van der Waals surface area contributed by atoms with Crippen molar-refractivity contribution in [1.29, 1.82) is 0 Å². The normalized spacial score (nSPS) is 10.4. The van der Waals surface area contributed by atoms with Crippen molar-refractivity contribution >= 4 is 51.2 Å². The molecule has 3 N–H and O–H groups in total. The fraction of sp³-hybridized carbons (Fsp3) is 0.240. The van der Waals surface area contributed by atoms with Crippen LogP contribution in [0.5, 0.6) is 0 Å². The average molecular weight is 481 g/mol. The second-order valence-electron chi connectivity index (χ2n) is 7.37. The van der Waals surface area contributed by atoms with E-state index in [9.17, 15) is 14.4 Å². The lowest BCUT2D eigenvalue weighted by atomic mass is 10.1. The maximum absolute atomic E-state index is 12.8. The SMILES string of the molecule is CCOC(=O)c1c(NC(=O)CNc2ccccc2N(C)c2ccccc2)sc(C(=O)NC)c1C. The van der Waals surface area contributed by atoms with Gasteiger partial charge in [0.15, 0.2) is 0 Å². The third-order valence-electron chi connectivity index (χ3n) is 5.16. The van der Waals surface area contributed by atoms with E-state index in [4.69, 9.17) is 4.74 Å². The lowest BCUT2D eigenvalue weighted by Gasteiger charge is -2.23. The second kappa shape index (κ2) is 11.3. The molecule has 2 amide bonds. The van der Waals surface area contributed by atoms with Gasteiger partial charge in [0.2, 0.25) is 5.91 Å². The number of ether oxygens (including phenoxy) is 1. The third kappa shape index (κ3) is 5.55. The van der Waals surface area contributed by atoms with E-state index in [-0.39, 0.29) is 35.5 Å². The Morgan fingerprint density at radius 3 is 2.38 bits per heavy atom. The number of carbonyl (C=O) groups excluding carboxylic acids is 3. The molecule has 0 saturated carbocycles. The van der Waals surface area contributed by atoms with Gasteiger partial charge in [0, 0.05) is 19.8 Å².